The van der Waals surface area contributed by atoms with Gasteiger partial charge in [-0.1, -0.05) is 17.7 Å². The molecule has 0 aliphatic heterocycles. The third-order valence-electron chi connectivity index (χ3n) is 0.518. The van der Waals surface area contributed by atoms with Crippen molar-refractivity contribution in [3.8, 4) is 0 Å². The second-order valence-corrected chi connectivity index (χ2v) is 1.43. The van der Waals surface area contributed by atoms with Crippen LogP contribution in [0.25, 0.3) is 0 Å². The first kappa shape index (κ1) is 6.70. The van der Waals surface area contributed by atoms with Crippen LogP contribution in [-0.2, 0) is 0 Å². The molecule has 0 heterocycles. The van der Waals surface area contributed by atoms with Gasteiger partial charge in [0, 0.05) is 7.05 Å². The molecule has 2 heteroatoms. The van der Waals surface area contributed by atoms with Crippen LogP contribution in [0.4, 0.5) is 0 Å². The predicted molar refractivity (Wildman–Crippen MR) is 34.0 cm³/mol. The summed E-state index contributed by atoms with van der Waals surface area (Å²) in [5, 5.41) is 0.544. The standard InChI is InChI=1S/C5H8ClN/c1-3-4-5(6)7-2/h3-4H,1-2H3/b4-3-,7-5?. The Hall–Kier alpha value is -0.300. The van der Waals surface area contributed by atoms with Crippen LogP contribution in [0.5, 0.6) is 0 Å². The van der Waals surface area contributed by atoms with Crippen molar-refractivity contribution in [2.24, 2.45) is 4.99 Å². The first-order valence-electron chi connectivity index (χ1n) is 2.06. The second kappa shape index (κ2) is 3.88. The Morgan fingerprint density at radius 2 is 2.29 bits per heavy atom. The van der Waals surface area contributed by atoms with E-state index in [1.165, 1.54) is 0 Å². The van der Waals surface area contributed by atoms with E-state index in [4.69, 9.17) is 11.6 Å². The van der Waals surface area contributed by atoms with Crippen LogP contribution < -0.4 is 0 Å². The molecule has 0 atom stereocenters. The Labute approximate surface area is 48.7 Å². The lowest BCUT2D eigenvalue weighted by atomic mass is 10.6. The van der Waals surface area contributed by atoms with Gasteiger partial charge < -0.3 is 0 Å². The van der Waals surface area contributed by atoms with Gasteiger partial charge in [-0.15, -0.1) is 0 Å². The molecular weight excluding hydrogens is 110 g/mol. The number of halogens is 1. The number of rotatable bonds is 1. The lowest BCUT2D eigenvalue weighted by Crippen LogP contribution is -1.74. The van der Waals surface area contributed by atoms with Crippen molar-refractivity contribution in [1.82, 2.24) is 0 Å². The van der Waals surface area contributed by atoms with E-state index in [2.05, 4.69) is 4.99 Å². The molecule has 0 unspecified atom stereocenters. The first-order valence-corrected chi connectivity index (χ1v) is 2.44. The van der Waals surface area contributed by atoms with Crippen molar-refractivity contribution in [3.63, 3.8) is 0 Å². The normalized spacial score (nSPS) is 13.3. The van der Waals surface area contributed by atoms with Gasteiger partial charge >= 0.3 is 0 Å². The lowest BCUT2D eigenvalue weighted by Gasteiger charge is -1.77. The first-order chi connectivity index (χ1) is 3.31. The van der Waals surface area contributed by atoms with E-state index in [0.717, 1.165) is 0 Å². The maximum Gasteiger partial charge on any atom is 0.122 e. The molecule has 0 aromatic rings. The zero-order chi connectivity index (χ0) is 5.70. The minimum absolute atomic E-state index is 0.544. The zero-order valence-corrected chi connectivity index (χ0v) is 5.24. The lowest BCUT2D eigenvalue weighted by molar-refractivity contribution is 1.47. The molecule has 0 aliphatic rings. The van der Waals surface area contributed by atoms with E-state index >= 15 is 0 Å². The molecule has 0 spiro atoms. The van der Waals surface area contributed by atoms with Gasteiger partial charge in [0.1, 0.15) is 5.17 Å². The molecule has 0 fully saturated rings. The van der Waals surface area contributed by atoms with Crippen molar-refractivity contribution in [1.29, 1.82) is 0 Å². The summed E-state index contributed by atoms with van der Waals surface area (Å²) in [6.07, 6.45) is 3.58. The molecule has 1 nitrogen and oxygen atoms in total. The molecule has 0 aliphatic carbocycles. The number of nitrogens with zero attached hydrogens (tertiary/aromatic N) is 1. The maximum atomic E-state index is 5.43. The fraction of sp³-hybridized carbons (Fsp3) is 0.400. The summed E-state index contributed by atoms with van der Waals surface area (Å²) in [5.74, 6) is 0. The topological polar surface area (TPSA) is 12.4 Å². The van der Waals surface area contributed by atoms with Gasteiger partial charge in [-0.05, 0) is 13.0 Å². The Bertz CT molecular complexity index is 94.3. The van der Waals surface area contributed by atoms with Crippen LogP contribution in [0.1, 0.15) is 6.92 Å². The Kier molecular flexibility index (Phi) is 3.71. The maximum absolute atomic E-state index is 5.43. The summed E-state index contributed by atoms with van der Waals surface area (Å²) in [6.45, 7) is 1.90. The van der Waals surface area contributed by atoms with Crippen LogP contribution >= 0.6 is 11.6 Å². The fourth-order valence-electron chi connectivity index (χ4n) is 0.212. The van der Waals surface area contributed by atoms with E-state index in [9.17, 15) is 0 Å². The molecule has 7 heavy (non-hydrogen) atoms. The van der Waals surface area contributed by atoms with Crippen LogP contribution in [0, 0.1) is 0 Å². The summed E-state index contributed by atoms with van der Waals surface area (Å²) in [5.41, 5.74) is 0. The van der Waals surface area contributed by atoms with Crippen molar-refractivity contribution < 1.29 is 0 Å². The van der Waals surface area contributed by atoms with E-state index in [0.29, 0.717) is 5.17 Å². The van der Waals surface area contributed by atoms with Crippen LogP contribution in [0.3, 0.4) is 0 Å². The molecule has 0 amide bonds. The quantitative estimate of drug-likeness (QED) is 0.465. The molecule has 0 saturated heterocycles. The average Bonchev–Trinajstić information content (AvgIpc) is 1.68. The van der Waals surface area contributed by atoms with Crippen LogP contribution in [-0.4, -0.2) is 12.2 Å². The smallest absolute Gasteiger partial charge is 0.122 e. The van der Waals surface area contributed by atoms with Gasteiger partial charge in [-0.25, -0.2) is 0 Å². The second-order valence-electron chi connectivity index (χ2n) is 1.05. The van der Waals surface area contributed by atoms with Crippen LogP contribution in [0.15, 0.2) is 17.1 Å². The number of hydrogen-bond acceptors (Lipinski definition) is 1. The number of hydrogen-bond donors (Lipinski definition) is 0. The van der Waals surface area contributed by atoms with Gasteiger partial charge in [0.15, 0.2) is 0 Å². The summed E-state index contributed by atoms with van der Waals surface area (Å²) in [4.78, 5) is 3.67. The van der Waals surface area contributed by atoms with Gasteiger partial charge in [-0.3, -0.25) is 4.99 Å². The highest BCUT2D eigenvalue weighted by atomic mass is 35.5. The number of allylic oxidation sites excluding steroid dienone is 2. The predicted octanol–water partition coefficient (Wildman–Crippen LogP) is 1.83. The van der Waals surface area contributed by atoms with E-state index < -0.39 is 0 Å². The molecule has 0 rings (SSSR count). The summed E-state index contributed by atoms with van der Waals surface area (Å²) in [6, 6.07) is 0. The largest absolute Gasteiger partial charge is 0.277 e. The highest BCUT2D eigenvalue weighted by Gasteiger charge is 1.75. The summed E-state index contributed by atoms with van der Waals surface area (Å²) >= 11 is 5.43. The van der Waals surface area contributed by atoms with Gasteiger partial charge in [0.25, 0.3) is 0 Å². The minimum Gasteiger partial charge on any atom is -0.277 e. The van der Waals surface area contributed by atoms with E-state index in [1.54, 1.807) is 13.1 Å². The third kappa shape index (κ3) is 3.53. The monoisotopic (exact) mass is 117 g/mol. The molecular formula is C5H8ClN. The van der Waals surface area contributed by atoms with Crippen molar-refractivity contribution in [2.75, 3.05) is 7.05 Å². The highest BCUT2D eigenvalue weighted by Crippen LogP contribution is 1.84. The van der Waals surface area contributed by atoms with Crippen molar-refractivity contribution >= 4 is 16.8 Å². The van der Waals surface area contributed by atoms with E-state index in [1.807, 2.05) is 13.0 Å². The fourth-order valence-corrected chi connectivity index (χ4v) is 0.338. The minimum atomic E-state index is 0.544. The van der Waals surface area contributed by atoms with Gasteiger partial charge in [-0.2, -0.15) is 0 Å². The summed E-state index contributed by atoms with van der Waals surface area (Å²) in [7, 11) is 1.66. The Morgan fingerprint density at radius 3 is 2.43 bits per heavy atom. The third-order valence-corrected chi connectivity index (χ3v) is 0.813. The average molecular weight is 118 g/mol. The molecule has 0 radical (unpaired) electrons. The Balaban J connectivity index is 3.58. The molecule has 40 valence electrons. The Morgan fingerprint density at radius 1 is 1.71 bits per heavy atom. The number of aliphatic imine (C=N–C) groups is 1. The SMILES string of the molecule is C/C=C\C(Cl)=NC. The molecule has 0 bridgehead atoms. The molecule has 0 aromatic carbocycles. The molecule has 0 aromatic heterocycles. The molecule has 0 saturated carbocycles. The van der Waals surface area contributed by atoms with E-state index in [-0.39, 0.29) is 0 Å². The highest BCUT2D eigenvalue weighted by molar-refractivity contribution is 6.68. The van der Waals surface area contributed by atoms with Gasteiger partial charge in [0.05, 0.1) is 0 Å². The van der Waals surface area contributed by atoms with Crippen LogP contribution in [0.2, 0.25) is 0 Å². The van der Waals surface area contributed by atoms with Crippen molar-refractivity contribution in [2.45, 2.75) is 6.92 Å². The zero-order valence-electron chi connectivity index (χ0n) is 4.48. The molecule has 0 N–H and O–H groups in total. The summed E-state index contributed by atoms with van der Waals surface area (Å²) < 4.78 is 0. The van der Waals surface area contributed by atoms with Gasteiger partial charge in [0.2, 0.25) is 0 Å². The van der Waals surface area contributed by atoms with Crippen molar-refractivity contribution in [3.05, 3.63) is 12.2 Å².